The average molecular weight is 461 g/mol. The SMILES string of the molecule is CCSc1ccc(-c2cncc(C(=O)NCc3ccc(S(C)(=O)=O)cc3Cl)c2)cc1. The van der Waals surface area contributed by atoms with Crippen LogP contribution in [0.5, 0.6) is 0 Å². The van der Waals surface area contributed by atoms with E-state index in [1.54, 1.807) is 30.1 Å². The Morgan fingerprint density at radius 2 is 1.80 bits per heavy atom. The lowest BCUT2D eigenvalue weighted by atomic mass is 10.1. The van der Waals surface area contributed by atoms with Gasteiger partial charge in [-0.3, -0.25) is 9.78 Å². The third-order valence-electron chi connectivity index (χ3n) is 4.39. The molecule has 2 aromatic carbocycles. The molecule has 0 aliphatic carbocycles. The zero-order valence-corrected chi connectivity index (χ0v) is 18.9. The smallest absolute Gasteiger partial charge is 0.253 e. The Hall–Kier alpha value is -2.35. The highest BCUT2D eigenvalue weighted by Gasteiger charge is 2.12. The van der Waals surface area contributed by atoms with Crippen LogP contribution in [-0.4, -0.2) is 31.3 Å². The number of thioether (sulfide) groups is 1. The Morgan fingerprint density at radius 3 is 2.43 bits per heavy atom. The van der Waals surface area contributed by atoms with Gasteiger partial charge in [0.15, 0.2) is 9.84 Å². The van der Waals surface area contributed by atoms with Crippen LogP contribution in [0.1, 0.15) is 22.8 Å². The molecule has 0 spiro atoms. The van der Waals surface area contributed by atoms with Gasteiger partial charge >= 0.3 is 0 Å². The lowest BCUT2D eigenvalue weighted by Crippen LogP contribution is -2.23. The minimum atomic E-state index is -3.33. The van der Waals surface area contributed by atoms with E-state index in [0.717, 1.165) is 23.1 Å². The van der Waals surface area contributed by atoms with Crippen molar-refractivity contribution in [1.82, 2.24) is 10.3 Å². The van der Waals surface area contributed by atoms with Crippen molar-refractivity contribution in [3.63, 3.8) is 0 Å². The first-order chi connectivity index (χ1) is 14.3. The molecule has 1 aromatic heterocycles. The number of carbonyl (C=O) groups is 1. The fourth-order valence-electron chi connectivity index (χ4n) is 2.81. The highest BCUT2D eigenvalue weighted by atomic mass is 35.5. The number of amides is 1. The van der Waals surface area contributed by atoms with Crippen molar-refractivity contribution in [3.8, 4) is 11.1 Å². The molecular formula is C22H21ClN2O3S2. The van der Waals surface area contributed by atoms with Gasteiger partial charge in [-0.2, -0.15) is 0 Å². The second kappa shape index (κ2) is 9.64. The highest BCUT2D eigenvalue weighted by Crippen LogP contribution is 2.24. The van der Waals surface area contributed by atoms with Crippen molar-refractivity contribution in [1.29, 1.82) is 0 Å². The minimum Gasteiger partial charge on any atom is -0.348 e. The van der Waals surface area contributed by atoms with Crippen molar-refractivity contribution < 1.29 is 13.2 Å². The standard InChI is InChI=1S/C22H21ClN2O3S2/c1-3-29-19-7-4-15(5-8-19)17-10-18(13-24-12-17)22(26)25-14-16-6-9-20(11-21(16)23)30(2,27)28/h4-13H,3,14H2,1-2H3,(H,25,26). The van der Waals surface area contributed by atoms with E-state index >= 15 is 0 Å². The van der Waals surface area contributed by atoms with Gasteiger partial charge < -0.3 is 5.32 Å². The Labute approximate surface area is 185 Å². The second-order valence-electron chi connectivity index (χ2n) is 6.63. The summed E-state index contributed by atoms with van der Waals surface area (Å²) in [7, 11) is -3.33. The van der Waals surface area contributed by atoms with Crippen molar-refractivity contribution in [2.75, 3.05) is 12.0 Å². The van der Waals surface area contributed by atoms with Crippen LogP contribution in [0.3, 0.4) is 0 Å². The van der Waals surface area contributed by atoms with Crippen LogP contribution >= 0.6 is 23.4 Å². The van der Waals surface area contributed by atoms with Crippen LogP contribution in [0.2, 0.25) is 5.02 Å². The van der Waals surface area contributed by atoms with Crippen molar-refractivity contribution in [2.45, 2.75) is 23.3 Å². The van der Waals surface area contributed by atoms with Crippen molar-refractivity contribution >= 4 is 39.1 Å². The largest absolute Gasteiger partial charge is 0.348 e. The van der Waals surface area contributed by atoms with E-state index in [2.05, 4.69) is 29.4 Å². The molecule has 1 amide bonds. The van der Waals surface area contributed by atoms with Crippen LogP contribution < -0.4 is 5.32 Å². The van der Waals surface area contributed by atoms with Gasteiger partial charge in [-0.1, -0.05) is 36.7 Å². The number of nitrogens with one attached hydrogen (secondary N) is 1. The van der Waals surface area contributed by atoms with Gasteiger partial charge in [-0.05, 0) is 47.2 Å². The van der Waals surface area contributed by atoms with Gasteiger partial charge in [0, 0.05) is 40.7 Å². The summed E-state index contributed by atoms with van der Waals surface area (Å²) < 4.78 is 23.2. The zero-order chi connectivity index (χ0) is 21.7. The minimum absolute atomic E-state index is 0.142. The lowest BCUT2D eigenvalue weighted by Gasteiger charge is -2.09. The monoisotopic (exact) mass is 460 g/mol. The Kier molecular flexibility index (Phi) is 7.18. The summed E-state index contributed by atoms with van der Waals surface area (Å²) in [5.41, 5.74) is 2.90. The summed E-state index contributed by atoms with van der Waals surface area (Å²) in [6.07, 6.45) is 4.35. The van der Waals surface area contributed by atoms with Crippen LogP contribution in [0.4, 0.5) is 0 Å². The van der Waals surface area contributed by atoms with E-state index in [4.69, 9.17) is 11.6 Å². The maximum Gasteiger partial charge on any atom is 0.253 e. The molecule has 0 aliphatic rings. The van der Waals surface area contributed by atoms with Crippen molar-refractivity contribution in [2.24, 2.45) is 0 Å². The molecule has 0 saturated carbocycles. The summed E-state index contributed by atoms with van der Waals surface area (Å²) in [5, 5.41) is 3.09. The van der Waals surface area contributed by atoms with E-state index in [9.17, 15) is 13.2 Å². The third-order valence-corrected chi connectivity index (χ3v) is 6.75. The predicted molar refractivity (Wildman–Crippen MR) is 122 cm³/mol. The predicted octanol–water partition coefficient (Wildman–Crippen LogP) is 4.85. The molecule has 0 atom stereocenters. The normalized spacial score (nSPS) is 11.3. The van der Waals surface area contributed by atoms with Crippen molar-refractivity contribution in [3.05, 3.63) is 77.1 Å². The number of pyridine rings is 1. The van der Waals surface area contributed by atoms with E-state index in [1.165, 1.54) is 23.2 Å². The molecule has 0 unspecified atom stereocenters. The lowest BCUT2D eigenvalue weighted by molar-refractivity contribution is 0.0950. The number of carbonyl (C=O) groups excluding carboxylic acids is 1. The van der Waals surface area contributed by atoms with E-state index in [0.29, 0.717) is 11.1 Å². The second-order valence-corrected chi connectivity index (χ2v) is 10.4. The summed E-state index contributed by atoms with van der Waals surface area (Å²) >= 11 is 7.95. The number of aromatic nitrogens is 1. The Bertz CT molecular complexity index is 1160. The first kappa shape index (κ1) is 22.3. The van der Waals surface area contributed by atoms with Gasteiger partial charge in [0.2, 0.25) is 0 Å². The zero-order valence-electron chi connectivity index (χ0n) is 16.6. The fraction of sp³-hybridized carbons (Fsp3) is 0.182. The molecule has 1 N–H and O–H groups in total. The molecule has 0 saturated heterocycles. The molecule has 0 radical (unpaired) electrons. The van der Waals surface area contributed by atoms with Crippen LogP contribution in [0, 0.1) is 0 Å². The van der Waals surface area contributed by atoms with E-state index in [-0.39, 0.29) is 22.4 Å². The molecule has 156 valence electrons. The van der Waals surface area contributed by atoms with Gasteiger partial charge in [0.25, 0.3) is 5.91 Å². The molecule has 0 aliphatic heterocycles. The molecule has 30 heavy (non-hydrogen) atoms. The van der Waals surface area contributed by atoms with Gasteiger partial charge in [-0.15, -0.1) is 11.8 Å². The third kappa shape index (κ3) is 5.62. The molecule has 5 nitrogen and oxygen atoms in total. The molecule has 0 bridgehead atoms. The van der Waals surface area contributed by atoms with Gasteiger partial charge in [-0.25, -0.2) is 8.42 Å². The summed E-state index contributed by atoms with van der Waals surface area (Å²) in [6, 6.07) is 14.4. The Morgan fingerprint density at radius 1 is 1.07 bits per heavy atom. The number of nitrogens with zero attached hydrogens (tertiary/aromatic N) is 1. The quantitative estimate of drug-likeness (QED) is 0.510. The fourth-order valence-corrected chi connectivity index (χ4v) is 4.43. The maximum absolute atomic E-state index is 12.6. The van der Waals surface area contributed by atoms with E-state index in [1.807, 2.05) is 12.1 Å². The number of sulfone groups is 1. The van der Waals surface area contributed by atoms with Crippen LogP contribution in [0.15, 0.2) is 70.7 Å². The number of benzene rings is 2. The molecule has 3 rings (SSSR count). The number of hydrogen-bond acceptors (Lipinski definition) is 5. The topological polar surface area (TPSA) is 76.1 Å². The Balaban J connectivity index is 1.71. The number of halogens is 1. The first-order valence-corrected chi connectivity index (χ1v) is 12.5. The summed E-state index contributed by atoms with van der Waals surface area (Å²) in [6.45, 7) is 2.28. The van der Waals surface area contributed by atoms with E-state index < -0.39 is 9.84 Å². The maximum atomic E-state index is 12.6. The first-order valence-electron chi connectivity index (χ1n) is 9.23. The van der Waals surface area contributed by atoms with Crippen LogP contribution in [0.25, 0.3) is 11.1 Å². The number of rotatable bonds is 7. The van der Waals surface area contributed by atoms with Crippen LogP contribution in [-0.2, 0) is 16.4 Å². The molecule has 3 aromatic rings. The molecule has 0 fully saturated rings. The molecule has 8 heteroatoms. The summed E-state index contributed by atoms with van der Waals surface area (Å²) in [4.78, 5) is 18.1. The average Bonchev–Trinajstić information content (AvgIpc) is 2.73. The highest BCUT2D eigenvalue weighted by molar-refractivity contribution is 7.99. The number of hydrogen-bond donors (Lipinski definition) is 1. The summed E-state index contributed by atoms with van der Waals surface area (Å²) in [5.74, 6) is 0.725. The van der Waals surface area contributed by atoms with Gasteiger partial charge in [0.1, 0.15) is 0 Å². The molecular weight excluding hydrogens is 440 g/mol. The molecule has 1 heterocycles. The van der Waals surface area contributed by atoms with Gasteiger partial charge in [0.05, 0.1) is 10.5 Å².